The number of rotatable bonds is 12. The molecule has 20 heavy (non-hydrogen) atoms. The Bertz CT molecular complexity index is 316. The standard InChI is InChI=1S/C17H29O2P/c18-15-11-6-4-2-1-3-5-7-12-16-20(19)17-13-9-8-10-14-17/h8-10,13-14,18-19H,1-7,11-12,15-16H2. The molecule has 1 atom stereocenters. The zero-order valence-electron chi connectivity index (χ0n) is 12.5. The molecule has 0 aliphatic heterocycles. The van der Waals surface area contributed by atoms with Crippen LogP contribution in [0.2, 0.25) is 0 Å². The second-order valence-corrected chi connectivity index (χ2v) is 7.13. The molecule has 0 bridgehead atoms. The first kappa shape index (κ1) is 17.6. The molecule has 0 saturated heterocycles. The van der Waals surface area contributed by atoms with Gasteiger partial charge in [-0.25, -0.2) is 0 Å². The van der Waals surface area contributed by atoms with Crippen molar-refractivity contribution < 1.29 is 10.00 Å². The lowest BCUT2D eigenvalue weighted by Crippen LogP contribution is -2.01. The van der Waals surface area contributed by atoms with Crippen LogP contribution in [0.15, 0.2) is 30.3 Å². The molecule has 0 aromatic heterocycles. The number of benzene rings is 1. The molecule has 0 fully saturated rings. The van der Waals surface area contributed by atoms with Crippen molar-refractivity contribution in [3.63, 3.8) is 0 Å². The van der Waals surface area contributed by atoms with Crippen LogP contribution in [-0.2, 0) is 0 Å². The molecule has 0 aliphatic rings. The van der Waals surface area contributed by atoms with Crippen LogP contribution in [-0.4, -0.2) is 22.8 Å². The van der Waals surface area contributed by atoms with Crippen molar-refractivity contribution >= 4 is 13.5 Å². The lowest BCUT2D eigenvalue weighted by atomic mass is 10.1. The highest BCUT2D eigenvalue weighted by Gasteiger charge is 2.05. The van der Waals surface area contributed by atoms with Gasteiger partial charge in [0.15, 0.2) is 0 Å². The van der Waals surface area contributed by atoms with E-state index in [1.54, 1.807) is 0 Å². The van der Waals surface area contributed by atoms with Crippen molar-refractivity contribution in [2.24, 2.45) is 0 Å². The van der Waals surface area contributed by atoms with Crippen molar-refractivity contribution in [2.45, 2.75) is 57.8 Å². The molecule has 1 rings (SSSR count). The van der Waals surface area contributed by atoms with Gasteiger partial charge in [0.25, 0.3) is 0 Å². The fraction of sp³-hybridized carbons (Fsp3) is 0.647. The lowest BCUT2D eigenvalue weighted by Gasteiger charge is -2.10. The molecule has 0 heterocycles. The van der Waals surface area contributed by atoms with Gasteiger partial charge in [-0.1, -0.05) is 75.3 Å². The average molecular weight is 296 g/mol. The molecule has 0 aliphatic carbocycles. The average Bonchev–Trinajstić information content (AvgIpc) is 2.50. The van der Waals surface area contributed by atoms with Crippen molar-refractivity contribution in [2.75, 3.05) is 12.8 Å². The highest BCUT2D eigenvalue weighted by molar-refractivity contribution is 7.59. The highest BCUT2D eigenvalue weighted by atomic mass is 31.1. The molecule has 0 spiro atoms. The Morgan fingerprint density at radius 1 is 0.700 bits per heavy atom. The summed E-state index contributed by atoms with van der Waals surface area (Å²) in [5.74, 6) is 0. The number of aliphatic hydroxyl groups excluding tert-OH is 1. The predicted octanol–water partition coefficient (Wildman–Crippen LogP) is 4.20. The SMILES string of the molecule is OCCCCCCCCCCCP(O)c1ccccc1. The monoisotopic (exact) mass is 296 g/mol. The van der Waals surface area contributed by atoms with E-state index in [1.807, 2.05) is 30.3 Å². The van der Waals surface area contributed by atoms with Gasteiger partial charge in [-0.2, -0.15) is 0 Å². The molecule has 0 radical (unpaired) electrons. The van der Waals surface area contributed by atoms with Crippen LogP contribution < -0.4 is 5.30 Å². The van der Waals surface area contributed by atoms with E-state index in [9.17, 15) is 4.89 Å². The second-order valence-electron chi connectivity index (χ2n) is 5.36. The van der Waals surface area contributed by atoms with Gasteiger partial charge in [-0.3, -0.25) is 0 Å². The van der Waals surface area contributed by atoms with E-state index < -0.39 is 8.15 Å². The van der Waals surface area contributed by atoms with Crippen molar-refractivity contribution in [3.05, 3.63) is 30.3 Å². The summed E-state index contributed by atoms with van der Waals surface area (Å²) in [4.78, 5) is 10.1. The molecule has 0 amide bonds. The van der Waals surface area contributed by atoms with Crippen molar-refractivity contribution in [3.8, 4) is 0 Å². The van der Waals surface area contributed by atoms with Gasteiger partial charge in [0.2, 0.25) is 0 Å². The number of hydrogen-bond acceptors (Lipinski definition) is 2. The van der Waals surface area contributed by atoms with Crippen LogP contribution in [0.4, 0.5) is 0 Å². The minimum absolute atomic E-state index is 0.339. The summed E-state index contributed by atoms with van der Waals surface area (Å²) in [6.07, 6.45) is 11.9. The second kappa shape index (κ2) is 12.3. The molecular formula is C17H29O2P. The van der Waals surface area contributed by atoms with Crippen LogP contribution >= 0.6 is 8.15 Å². The summed E-state index contributed by atoms with van der Waals surface area (Å²) in [6, 6.07) is 10.0. The van der Waals surface area contributed by atoms with Crippen LogP contribution in [0.5, 0.6) is 0 Å². The van der Waals surface area contributed by atoms with E-state index in [0.717, 1.165) is 24.3 Å². The van der Waals surface area contributed by atoms with Crippen molar-refractivity contribution in [1.82, 2.24) is 0 Å². The molecule has 0 saturated carbocycles. The smallest absolute Gasteiger partial charge is 0.0563 e. The maximum absolute atomic E-state index is 10.1. The summed E-state index contributed by atoms with van der Waals surface area (Å²) >= 11 is 0. The third kappa shape index (κ3) is 8.68. The van der Waals surface area contributed by atoms with Gasteiger partial charge < -0.3 is 10.00 Å². The summed E-state index contributed by atoms with van der Waals surface area (Å²) in [6.45, 7) is 0.339. The van der Waals surface area contributed by atoms with Crippen LogP contribution in [0.25, 0.3) is 0 Å². The number of unbranched alkanes of at least 4 members (excludes halogenated alkanes) is 8. The molecule has 3 heteroatoms. The van der Waals surface area contributed by atoms with Gasteiger partial charge in [-0.05, 0) is 19.0 Å². The van der Waals surface area contributed by atoms with Crippen molar-refractivity contribution in [1.29, 1.82) is 0 Å². The van der Waals surface area contributed by atoms with Gasteiger partial charge in [0, 0.05) is 11.9 Å². The third-order valence-electron chi connectivity index (χ3n) is 3.58. The highest BCUT2D eigenvalue weighted by Crippen LogP contribution is 2.30. The minimum atomic E-state index is -0.934. The normalized spacial score (nSPS) is 12.5. The van der Waals surface area contributed by atoms with E-state index in [0.29, 0.717) is 6.61 Å². The largest absolute Gasteiger partial charge is 0.396 e. The Balaban J connectivity index is 1.90. The predicted molar refractivity (Wildman–Crippen MR) is 88.7 cm³/mol. The maximum Gasteiger partial charge on any atom is 0.0563 e. The van der Waals surface area contributed by atoms with Gasteiger partial charge in [0.1, 0.15) is 0 Å². The Hall–Kier alpha value is -0.430. The first-order valence-corrected chi connectivity index (χ1v) is 9.45. The van der Waals surface area contributed by atoms with E-state index in [4.69, 9.17) is 5.11 Å². The summed E-state index contributed by atoms with van der Waals surface area (Å²) in [7, 11) is -0.934. The zero-order chi connectivity index (χ0) is 14.5. The van der Waals surface area contributed by atoms with E-state index >= 15 is 0 Å². The minimum Gasteiger partial charge on any atom is -0.396 e. The molecule has 1 aromatic carbocycles. The Morgan fingerprint density at radius 3 is 1.75 bits per heavy atom. The van der Waals surface area contributed by atoms with E-state index in [1.165, 1.54) is 44.9 Å². The van der Waals surface area contributed by atoms with Crippen LogP contribution in [0.1, 0.15) is 57.8 Å². The Kier molecular flexibility index (Phi) is 10.9. The molecule has 114 valence electrons. The topological polar surface area (TPSA) is 40.5 Å². The number of hydrogen-bond donors (Lipinski definition) is 2. The van der Waals surface area contributed by atoms with Gasteiger partial charge >= 0.3 is 0 Å². The van der Waals surface area contributed by atoms with Crippen LogP contribution in [0.3, 0.4) is 0 Å². The molecule has 2 N–H and O–H groups in total. The van der Waals surface area contributed by atoms with Gasteiger partial charge in [0.05, 0.1) is 8.15 Å². The first-order valence-electron chi connectivity index (χ1n) is 7.97. The van der Waals surface area contributed by atoms with Gasteiger partial charge in [-0.15, -0.1) is 0 Å². The lowest BCUT2D eigenvalue weighted by molar-refractivity contribution is 0.282. The fourth-order valence-corrected chi connectivity index (χ4v) is 3.64. The maximum atomic E-state index is 10.1. The number of aliphatic hydroxyl groups is 1. The Labute approximate surface area is 125 Å². The first-order chi connectivity index (χ1) is 9.84. The molecule has 2 nitrogen and oxygen atoms in total. The molecular weight excluding hydrogens is 267 g/mol. The quantitative estimate of drug-likeness (QED) is 0.448. The Morgan fingerprint density at radius 2 is 1.20 bits per heavy atom. The third-order valence-corrected chi connectivity index (χ3v) is 5.22. The molecule has 1 aromatic rings. The summed E-state index contributed by atoms with van der Waals surface area (Å²) in [5, 5.41) is 9.78. The molecule has 1 unspecified atom stereocenters. The summed E-state index contributed by atoms with van der Waals surface area (Å²) in [5.41, 5.74) is 0. The van der Waals surface area contributed by atoms with E-state index in [2.05, 4.69) is 0 Å². The fourth-order valence-electron chi connectivity index (χ4n) is 2.34. The van der Waals surface area contributed by atoms with Crippen LogP contribution in [0, 0.1) is 0 Å². The zero-order valence-corrected chi connectivity index (χ0v) is 13.4. The van der Waals surface area contributed by atoms with E-state index in [-0.39, 0.29) is 0 Å². The summed E-state index contributed by atoms with van der Waals surface area (Å²) < 4.78 is 0.